The van der Waals surface area contributed by atoms with Crippen LogP contribution in [-0.2, 0) is 0 Å². The van der Waals surface area contributed by atoms with Crippen molar-refractivity contribution in [2.45, 2.75) is 43.9 Å². The topological polar surface area (TPSA) is 95.8 Å². The van der Waals surface area contributed by atoms with Gasteiger partial charge in [-0.1, -0.05) is 12.8 Å². The van der Waals surface area contributed by atoms with Crippen molar-refractivity contribution in [2.75, 3.05) is 29.9 Å². The van der Waals surface area contributed by atoms with Gasteiger partial charge >= 0.3 is 0 Å². The van der Waals surface area contributed by atoms with Gasteiger partial charge < -0.3 is 16.0 Å². The molecular weight excluding hydrogens is 352 g/mol. The summed E-state index contributed by atoms with van der Waals surface area (Å²) in [6.45, 7) is 0.270. The smallest absolute Gasteiger partial charge is 0.265 e. The van der Waals surface area contributed by atoms with E-state index in [-0.39, 0.29) is 31.4 Å². The van der Waals surface area contributed by atoms with Gasteiger partial charge in [0.2, 0.25) is 5.95 Å². The van der Waals surface area contributed by atoms with Gasteiger partial charge in [-0.2, -0.15) is 10.1 Å². The molecule has 4 rings (SSSR count). The van der Waals surface area contributed by atoms with Gasteiger partial charge in [0.25, 0.3) is 5.92 Å². The molecule has 0 amide bonds. The van der Waals surface area contributed by atoms with Crippen molar-refractivity contribution in [1.82, 2.24) is 20.2 Å². The Morgan fingerprint density at radius 2 is 2.11 bits per heavy atom. The zero-order chi connectivity index (χ0) is 18.9. The number of hydrogen-bond donors (Lipinski definition) is 3. The van der Waals surface area contributed by atoms with E-state index in [1.165, 1.54) is 30.6 Å². The minimum Gasteiger partial charge on any atom is -0.334 e. The summed E-state index contributed by atoms with van der Waals surface area (Å²) in [5.74, 6) is -1.03. The van der Waals surface area contributed by atoms with Crippen LogP contribution in [0.4, 0.5) is 26.4 Å². The van der Waals surface area contributed by atoms with E-state index >= 15 is 0 Å². The van der Waals surface area contributed by atoms with Gasteiger partial charge in [-0.25, -0.2) is 13.8 Å². The molecule has 3 heterocycles. The largest absolute Gasteiger partial charge is 0.334 e. The molecule has 27 heavy (non-hydrogen) atoms. The lowest BCUT2D eigenvalue weighted by molar-refractivity contribution is -0.0281. The number of halogens is 2. The number of rotatable bonds is 5. The highest BCUT2D eigenvalue weighted by atomic mass is 19.3. The number of alkyl halides is 2. The molecule has 1 aliphatic carbocycles. The van der Waals surface area contributed by atoms with Crippen LogP contribution in [0.15, 0.2) is 18.3 Å². The van der Waals surface area contributed by atoms with Crippen LogP contribution < -0.4 is 16.0 Å². The summed E-state index contributed by atoms with van der Waals surface area (Å²) in [4.78, 5) is 10.1. The van der Waals surface area contributed by atoms with E-state index in [0.29, 0.717) is 24.1 Å². The number of H-pyrrole nitrogens is 1. The molecule has 9 heteroatoms. The minimum atomic E-state index is -2.78. The standard InChI is InChI=1S/C18H25F2N7/c19-18(20)8-12(9-21)10-27(11-18)17-22-6-5-15(24-17)23-16-7-14(25-26-16)13-3-1-2-4-13/h5-7,12-13H,1-4,8-11,21H2,(H2,22,23,24,25,26)/t12-/m0/s1. The zero-order valence-corrected chi connectivity index (χ0v) is 15.2. The number of aromatic amines is 1. The van der Waals surface area contributed by atoms with Crippen molar-refractivity contribution < 1.29 is 8.78 Å². The summed E-state index contributed by atoms with van der Waals surface area (Å²) < 4.78 is 28.0. The first-order valence-corrected chi connectivity index (χ1v) is 9.50. The van der Waals surface area contributed by atoms with E-state index in [4.69, 9.17) is 5.73 Å². The quantitative estimate of drug-likeness (QED) is 0.741. The number of nitrogens with zero attached hydrogens (tertiary/aromatic N) is 4. The Bertz CT molecular complexity index is 773. The fourth-order valence-corrected chi connectivity index (χ4v) is 4.07. The number of nitrogens with two attached hydrogens (primary N) is 1. The molecule has 1 saturated heterocycles. The van der Waals surface area contributed by atoms with Crippen molar-refractivity contribution >= 4 is 17.6 Å². The molecule has 2 aromatic heterocycles. The second kappa shape index (κ2) is 7.38. The second-order valence-corrected chi connectivity index (χ2v) is 7.60. The van der Waals surface area contributed by atoms with Gasteiger partial charge in [-0.05, 0) is 31.4 Å². The molecule has 2 aromatic rings. The van der Waals surface area contributed by atoms with E-state index in [2.05, 4.69) is 25.5 Å². The normalized spacial score (nSPS) is 22.9. The fraction of sp³-hybridized carbons (Fsp3) is 0.611. The maximum Gasteiger partial charge on any atom is 0.265 e. The van der Waals surface area contributed by atoms with Crippen molar-refractivity contribution in [3.05, 3.63) is 24.0 Å². The van der Waals surface area contributed by atoms with Crippen LogP contribution >= 0.6 is 0 Å². The van der Waals surface area contributed by atoms with Crippen LogP contribution in [0.25, 0.3) is 0 Å². The predicted molar refractivity (Wildman–Crippen MR) is 99.4 cm³/mol. The van der Waals surface area contributed by atoms with Crippen LogP contribution in [0.2, 0.25) is 0 Å². The summed E-state index contributed by atoms with van der Waals surface area (Å²) in [6.07, 6.45) is 6.27. The Morgan fingerprint density at radius 1 is 1.30 bits per heavy atom. The highest BCUT2D eigenvalue weighted by Crippen LogP contribution is 2.34. The van der Waals surface area contributed by atoms with Crippen LogP contribution in [0, 0.1) is 5.92 Å². The van der Waals surface area contributed by atoms with E-state index in [1.807, 2.05) is 6.07 Å². The molecule has 146 valence electrons. The molecule has 1 atom stereocenters. The van der Waals surface area contributed by atoms with Crippen LogP contribution in [0.1, 0.15) is 43.7 Å². The van der Waals surface area contributed by atoms with E-state index in [1.54, 1.807) is 12.3 Å². The second-order valence-electron chi connectivity index (χ2n) is 7.60. The molecule has 7 nitrogen and oxygen atoms in total. The molecular formula is C18H25F2N7. The van der Waals surface area contributed by atoms with Gasteiger partial charge in [-0.3, -0.25) is 5.10 Å². The number of piperidine rings is 1. The highest BCUT2D eigenvalue weighted by molar-refractivity contribution is 5.53. The molecule has 4 N–H and O–H groups in total. The first kappa shape index (κ1) is 18.1. The summed E-state index contributed by atoms with van der Waals surface area (Å²) in [6, 6.07) is 3.70. The van der Waals surface area contributed by atoms with Crippen LogP contribution in [0.3, 0.4) is 0 Å². The Balaban J connectivity index is 1.47. The molecule has 1 aliphatic heterocycles. The molecule has 1 saturated carbocycles. The maximum atomic E-state index is 14.0. The van der Waals surface area contributed by atoms with Gasteiger partial charge in [0, 0.05) is 36.8 Å². The summed E-state index contributed by atoms with van der Waals surface area (Å²) in [5, 5.41) is 10.5. The van der Waals surface area contributed by atoms with E-state index < -0.39 is 5.92 Å². The Morgan fingerprint density at radius 3 is 2.89 bits per heavy atom. The fourth-order valence-electron chi connectivity index (χ4n) is 4.07. The first-order chi connectivity index (χ1) is 13.0. The van der Waals surface area contributed by atoms with Crippen molar-refractivity contribution in [3.8, 4) is 0 Å². The number of anilines is 3. The third-order valence-corrected chi connectivity index (χ3v) is 5.40. The van der Waals surface area contributed by atoms with E-state index in [9.17, 15) is 8.78 Å². The van der Waals surface area contributed by atoms with Gasteiger partial charge in [-0.15, -0.1) is 0 Å². The minimum absolute atomic E-state index is 0.185. The monoisotopic (exact) mass is 377 g/mol. The Labute approximate surface area is 156 Å². The third-order valence-electron chi connectivity index (χ3n) is 5.40. The van der Waals surface area contributed by atoms with Gasteiger partial charge in [0.05, 0.1) is 6.54 Å². The molecule has 0 radical (unpaired) electrons. The van der Waals surface area contributed by atoms with Crippen LogP contribution in [0.5, 0.6) is 0 Å². The molecule has 0 aromatic carbocycles. The summed E-state index contributed by atoms with van der Waals surface area (Å²) in [7, 11) is 0. The van der Waals surface area contributed by atoms with Crippen molar-refractivity contribution in [3.63, 3.8) is 0 Å². The number of nitrogens with one attached hydrogen (secondary N) is 2. The SMILES string of the molecule is NC[C@H]1CN(c2nccc(Nc3cc(C4CCCC4)[nH]n3)n2)CC(F)(F)C1. The summed E-state index contributed by atoms with van der Waals surface area (Å²) >= 11 is 0. The molecule has 0 unspecified atom stereocenters. The Hall–Kier alpha value is -2.29. The molecule has 2 aliphatic rings. The zero-order valence-electron chi connectivity index (χ0n) is 15.2. The molecule has 2 fully saturated rings. The van der Waals surface area contributed by atoms with Gasteiger partial charge in [0.15, 0.2) is 5.82 Å². The lowest BCUT2D eigenvalue weighted by Gasteiger charge is -2.37. The third kappa shape index (κ3) is 4.18. The van der Waals surface area contributed by atoms with Crippen molar-refractivity contribution in [1.29, 1.82) is 0 Å². The maximum absolute atomic E-state index is 14.0. The van der Waals surface area contributed by atoms with E-state index in [0.717, 1.165) is 5.69 Å². The van der Waals surface area contributed by atoms with Crippen LogP contribution in [-0.4, -0.2) is 45.7 Å². The summed E-state index contributed by atoms with van der Waals surface area (Å²) in [5.41, 5.74) is 6.76. The van der Waals surface area contributed by atoms with Gasteiger partial charge in [0.1, 0.15) is 5.82 Å². The Kier molecular flexibility index (Phi) is 4.94. The predicted octanol–water partition coefficient (Wildman–Crippen LogP) is 3.02. The molecule has 0 spiro atoms. The average molecular weight is 377 g/mol. The average Bonchev–Trinajstić information content (AvgIpc) is 3.32. The highest BCUT2D eigenvalue weighted by Gasteiger charge is 2.40. The number of aromatic nitrogens is 4. The lowest BCUT2D eigenvalue weighted by Crippen LogP contribution is -2.49. The number of hydrogen-bond acceptors (Lipinski definition) is 6. The lowest BCUT2D eigenvalue weighted by atomic mass is 9.95. The first-order valence-electron chi connectivity index (χ1n) is 9.50. The van der Waals surface area contributed by atoms with Crippen molar-refractivity contribution in [2.24, 2.45) is 11.7 Å². The molecule has 0 bridgehead atoms.